The Kier molecular flexibility index (Phi) is 4.42. The molecule has 0 aromatic heterocycles. The molecule has 12 heavy (non-hydrogen) atoms. The van der Waals surface area contributed by atoms with Gasteiger partial charge in [0.25, 0.3) is 0 Å². The molecular formula is C9H21NOS. The zero-order valence-electron chi connectivity index (χ0n) is 8.97. The van der Waals surface area contributed by atoms with Crippen LogP contribution in [0.3, 0.4) is 0 Å². The summed E-state index contributed by atoms with van der Waals surface area (Å²) >= 11 is 0. The second kappa shape index (κ2) is 4.38. The number of nitrogens with one attached hydrogen (secondary N) is 1. The van der Waals surface area contributed by atoms with Gasteiger partial charge in [0.2, 0.25) is 0 Å². The van der Waals surface area contributed by atoms with Gasteiger partial charge in [0.1, 0.15) is 0 Å². The van der Waals surface area contributed by atoms with Gasteiger partial charge in [-0.05, 0) is 33.6 Å². The summed E-state index contributed by atoms with van der Waals surface area (Å²) in [6, 6.07) is 0.310. The lowest BCUT2D eigenvalue weighted by atomic mass is 10.1. The van der Waals surface area contributed by atoms with Gasteiger partial charge >= 0.3 is 0 Å². The summed E-state index contributed by atoms with van der Waals surface area (Å²) in [5.74, 6) is 0.524. The van der Waals surface area contributed by atoms with Crippen molar-refractivity contribution in [3.05, 3.63) is 0 Å². The molecule has 0 amide bonds. The van der Waals surface area contributed by atoms with Crippen LogP contribution in [0, 0.1) is 5.92 Å². The minimum Gasteiger partial charge on any atom is -0.242 e. The average Bonchev–Trinajstić information content (AvgIpc) is 1.85. The molecule has 0 aliphatic carbocycles. The Morgan fingerprint density at radius 3 is 1.83 bits per heavy atom. The Balaban J connectivity index is 4.02. The van der Waals surface area contributed by atoms with Gasteiger partial charge in [-0.15, -0.1) is 0 Å². The molecule has 1 N–H and O–H groups in total. The Bertz CT molecular complexity index is 160. The number of rotatable bonds is 3. The molecular weight excluding hydrogens is 170 g/mol. The molecule has 0 spiro atoms. The van der Waals surface area contributed by atoms with Gasteiger partial charge in [-0.25, -0.2) is 8.93 Å². The molecule has 2 nitrogen and oxygen atoms in total. The lowest BCUT2D eigenvalue weighted by Gasteiger charge is -2.23. The highest BCUT2D eigenvalue weighted by atomic mass is 32.2. The van der Waals surface area contributed by atoms with Crippen LogP contribution in [0.4, 0.5) is 0 Å². The maximum atomic E-state index is 11.6. The van der Waals surface area contributed by atoms with Crippen molar-refractivity contribution in [1.29, 1.82) is 0 Å². The predicted molar refractivity (Wildman–Crippen MR) is 55.3 cm³/mol. The fraction of sp³-hybridized carbons (Fsp3) is 1.00. The van der Waals surface area contributed by atoms with E-state index >= 15 is 0 Å². The molecule has 74 valence electrons. The van der Waals surface area contributed by atoms with Gasteiger partial charge in [0, 0.05) is 6.04 Å². The summed E-state index contributed by atoms with van der Waals surface area (Å²) in [7, 11) is -0.938. The van der Waals surface area contributed by atoms with Crippen molar-refractivity contribution in [2.24, 2.45) is 5.92 Å². The number of hydrogen-bond donors (Lipinski definition) is 1. The highest BCUT2D eigenvalue weighted by Gasteiger charge is 2.21. The first-order chi connectivity index (χ1) is 5.25. The molecule has 0 saturated heterocycles. The maximum Gasteiger partial charge on any atom is 0.0972 e. The lowest BCUT2D eigenvalue weighted by molar-refractivity contribution is 0.487. The maximum absolute atomic E-state index is 11.6. The van der Waals surface area contributed by atoms with E-state index < -0.39 is 11.0 Å². The molecule has 2 atom stereocenters. The molecule has 3 heteroatoms. The van der Waals surface area contributed by atoms with Crippen LogP contribution in [0.1, 0.15) is 41.5 Å². The Morgan fingerprint density at radius 2 is 1.58 bits per heavy atom. The molecule has 0 aromatic rings. The SMILES string of the molecule is CC(C)[C@@H](C)N[S@](=O)C(C)(C)C. The Morgan fingerprint density at radius 1 is 1.17 bits per heavy atom. The van der Waals surface area contributed by atoms with Crippen LogP contribution < -0.4 is 4.72 Å². The minimum atomic E-state index is -0.938. The molecule has 0 radical (unpaired) electrons. The first kappa shape index (κ1) is 12.1. The van der Waals surface area contributed by atoms with E-state index in [1.54, 1.807) is 0 Å². The van der Waals surface area contributed by atoms with Gasteiger partial charge < -0.3 is 0 Å². The second-order valence-electron chi connectivity index (χ2n) is 4.53. The number of hydrogen-bond acceptors (Lipinski definition) is 1. The van der Waals surface area contributed by atoms with Crippen molar-refractivity contribution < 1.29 is 4.21 Å². The van der Waals surface area contributed by atoms with Crippen LogP contribution in [0.5, 0.6) is 0 Å². The van der Waals surface area contributed by atoms with Crippen LogP contribution in [0.25, 0.3) is 0 Å². The molecule has 0 rings (SSSR count). The molecule has 0 heterocycles. The van der Waals surface area contributed by atoms with Crippen molar-refractivity contribution in [2.45, 2.75) is 52.3 Å². The van der Waals surface area contributed by atoms with Crippen molar-refractivity contribution in [1.82, 2.24) is 4.72 Å². The quantitative estimate of drug-likeness (QED) is 0.727. The normalized spacial score (nSPS) is 17.9. The van der Waals surface area contributed by atoms with E-state index in [4.69, 9.17) is 0 Å². The smallest absolute Gasteiger partial charge is 0.0972 e. The van der Waals surface area contributed by atoms with Gasteiger partial charge in [-0.1, -0.05) is 13.8 Å². The zero-order valence-corrected chi connectivity index (χ0v) is 9.79. The first-order valence-corrected chi connectivity index (χ1v) is 5.58. The largest absolute Gasteiger partial charge is 0.242 e. The summed E-state index contributed by atoms with van der Waals surface area (Å²) in [6.45, 7) is 12.2. The van der Waals surface area contributed by atoms with E-state index in [1.807, 2.05) is 20.8 Å². The van der Waals surface area contributed by atoms with E-state index in [2.05, 4.69) is 25.5 Å². The standard InChI is InChI=1S/C9H21NOS/c1-7(2)8(3)10-12(11)9(4,5)6/h7-8,10H,1-6H3/t8-,12-/m1/s1. The van der Waals surface area contributed by atoms with Gasteiger partial charge in [-0.3, -0.25) is 0 Å². The molecule has 0 unspecified atom stereocenters. The Labute approximate surface area is 78.7 Å². The fourth-order valence-electron chi connectivity index (χ4n) is 0.482. The highest BCUT2D eigenvalue weighted by Crippen LogP contribution is 2.11. The topological polar surface area (TPSA) is 29.1 Å². The van der Waals surface area contributed by atoms with E-state index in [1.165, 1.54) is 0 Å². The van der Waals surface area contributed by atoms with Crippen molar-refractivity contribution >= 4 is 11.0 Å². The third-order valence-corrected chi connectivity index (χ3v) is 3.55. The van der Waals surface area contributed by atoms with E-state index in [9.17, 15) is 4.21 Å². The molecule has 0 aliphatic rings. The third kappa shape index (κ3) is 4.21. The first-order valence-electron chi connectivity index (χ1n) is 4.43. The van der Waals surface area contributed by atoms with Crippen LogP contribution in [0.2, 0.25) is 0 Å². The van der Waals surface area contributed by atoms with Crippen LogP contribution >= 0.6 is 0 Å². The molecule has 0 saturated carbocycles. The second-order valence-corrected chi connectivity index (χ2v) is 6.53. The summed E-state index contributed by atoms with van der Waals surface area (Å²) in [5, 5.41) is 0. The molecule has 0 aromatic carbocycles. The van der Waals surface area contributed by atoms with Gasteiger partial charge in [0.15, 0.2) is 0 Å². The summed E-state index contributed by atoms with van der Waals surface area (Å²) in [6.07, 6.45) is 0. The van der Waals surface area contributed by atoms with Crippen LogP contribution in [-0.4, -0.2) is 15.0 Å². The van der Waals surface area contributed by atoms with Crippen molar-refractivity contribution in [2.75, 3.05) is 0 Å². The summed E-state index contributed by atoms with van der Waals surface area (Å²) in [4.78, 5) is 0. The van der Waals surface area contributed by atoms with Crippen LogP contribution in [0.15, 0.2) is 0 Å². The van der Waals surface area contributed by atoms with Gasteiger partial charge in [-0.2, -0.15) is 0 Å². The monoisotopic (exact) mass is 191 g/mol. The summed E-state index contributed by atoms with van der Waals surface area (Å²) < 4.78 is 14.5. The molecule has 0 bridgehead atoms. The predicted octanol–water partition coefficient (Wildman–Crippen LogP) is 2.08. The van der Waals surface area contributed by atoms with E-state index in [-0.39, 0.29) is 4.75 Å². The Hall–Kier alpha value is 0.110. The lowest BCUT2D eigenvalue weighted by Crippen LogP contribution is -2.40. The minimum absolute atomic E-state index is 0.164. The highest BCUT2D eigenvalue weighted by molar-refractivity contribution is 7.84. The van der Waals surface area contributed by atoms with Gasteiger partial charge in [0.05, 0.1) is 15.7 Å². The van der Waals surface area contributed by atoms with Crippen molar-refractivity contribution in [3.8, 4) is 0 Å². The molecule has 0 fully saturated rings. The van der Waals surface area contributed by atoms with E-state index in [0.717, 1.165) is 0 Å². The zero-order chi connectivity index (χ0) is 9.94. The van der Waals surface area contributed by atoms with E-state index in [0.29, 0.717) is 12.0 Å². The third-order valence-electron chi connectivity index (χ3n) is 1.85. The average molecular weight is 191 g/mol. The summed E-state index contributed by atoms with van der Waals surface area (Å²) in [5.41, 5.74) is 0. The van der Waals surface area contributed by atoms with Crippen LogP contribution in [-0.2, 0) is 11.0 Å². The molecule has 0 aliphatic heterocycles. The van der Waals surface area contributed by atoms with Crippen molar-refractivity contribution in [3.63, 3.8) is 0 Å². The fourth-order valence-corrected chi connectivity index (χ4v) is 1.45.